The van der Waals surface area contributed by atoms with Gasteiger partial charge in [0, 0.05) is 12.3 Å². The van der Waals surface area contributed by atoms with Crippen LogP contribution in [0.5, 0.6) is 11.6 Å². The molecule has 5 nitrogen and oxygen atoms in total. The molecule has 19 heavy (non-hydrogen) atoms. The molecule has 0 unspecified atom stereocenters. The van der Waals surface area contributed by atoms with Gasteiger partial charge >= 0.3 is 5.97 Å². The lowest BCUT2D eigenvalue weighted by Crippen LogP contribution is -2.05. The van der Waals surface area contributed by atoms with Crippen LogP contribution in [-0.2, 0) is 0 Å². The van der Waals surface area contributed by atoms with Crippen LogP contribution in [0, 0.1) is 11.6 Å². The van der Waals surface area contributed by atoms with Crippen molar-refractivity contribution in [3.05, 3.63) is 47.7 Å². The van der Waals surface area contributed by atoms with Gasteiger partial charge in [-0.15, -0.1) is 0 Å². The summed E-state index contributed by atoms with van der Waals surface area (Å²) in [6.45, 7) is 0. The highest BCUT2D eigenvalue weighted by molar-refractivity contribution is 5.94. The zero-order chi connectivity index (χ0) is 14.0. The van der Waals surface area contributed by atoms with E-state index >= 15 is 0 Å². The largest absolute Gasteiger partial charge is 0.478 e. The van der Waals surface area contributed by atoms with Crippen LogP contribution in [0.15, 0.2) is 30.5 Å². The summed E-state index contributed by atoms with van der Waals surface area (Å²) >= 11 is 0. The van der Waals surface area contributed by atoms with Crippen LogP contribution in [-0.4, -0.2) is 16.1 Å². The molecule has 0 amide bonds. The van der Waals surface area contributed by atoms with E-state index in [0.29, 0.717) is 6.07 Å². The smallest absolute Gasteiger partial charge is 0.338 e. The number of benzene rings is 1. The molecule has 0 fully saturated rings. The minimum atomic E-state index is -1.26. The number of nitrogen functional groups attached to an aromatic ring is 1. The van der Waals surface area contributed by atoms with Gasteiger partial charge in [0.05, 0.1) is 5.56 Å². The molecule has 7 heteroatoms. The molecule has 1 aromatic heterocycles. The molecule has 1 heterocycles. The van der Waals surface area contributed by atoms with E-state index in [9.17, 15) is 13.6 Å². The molecule has 0 aliphatic heterocycles. The Hall–Kier alpha value is -2.70. The van der Waals surface area contributed by atoms with Crippen molar-refractivity contribution in [2.45, 2.75) is 0 Å². The summed E-state index contributed by atoms with van der Waals surface area (Å²) in [4.78, 5) is 14.6. The van der Waals surface area contributed by atoms with Crippen LogP contribution in [0.2, 0.25) is 0 Å². The third kappa shape index (κ3) is 2.59. The molecule has 1 aromatic carbocycles. The lowest BCUT2D eigenvalue weighted by atomic mass is 10.2. The van der Waals surface area contributed by atoms with Gasteiger partial charge in [-0.2, -0.15) is 0 Å². The Labute approximate surface area is 106 Å². The number of hydrogen-bond donors (Lipinski definition) is 2. The zero-order valence-electron chi connectivity index (χ0n) is 9.43. The molecule has 0 atom stereocenters. The second-order valence-electron chi connectivity index (χ2n) is 3.56. The minimum absolute atomic E-state index is 0.215. The van der Waals surface area contributed by atoms with Crippen LogP contribution < -0.4 is 10.5 Å². The fourth-order valence-electron chi connectivity index (χ4n) is 1.38. The van der Waals surface area contributed by atoms with E-state index in [1.54, 1.807) is 0 Å². The molecule has 0 aliphatic rings. The summed E-state index contributed by atoms with van der Waals surface area (Å²) in [5.74, 6) is -3.52. The van der Waals surface area contributed by atoms with Crippen molar-refractivity contribution in [2.24, 2.45) is 0 Å². The first-order valence-corrected chi connectivity index (χ1v) is 5.09. The summed E-state index contributed by atoms with van der Waals surface area (Å²) in [6.07, 6.45) is 1.16. The Kier molecular flexibility index (Phi) is 3.28. The van der Waals surface area contributed by atoms with Crippen molar-refractivity contribution >= 4 is 11.7 Å². The first-order chi connectivity index (χ1) is 8.99. The molecule has 98 valence electrons. The van der Waals surface area contributed by atoms with Gasteiger partial charge in [0.15, 0.2) is 11.6 Å². The van der Waals surface area contributed by atoms with Crippen LogP contribution in [0.25, 0.3) is 0 Å². The lowest BCUT2D eigenvalue weighted by Gasteiger charge is -2.09. The molecule has 0 aliphatic carbocycles. The van der Waals surface area contributed by atoms with E-state index in [1.807, 2.05) is 0 Å². The third-order valence-electron chi connectivity index (χ3n) is 2.28. The van der Waals surface area contributed by atoms with Crippen molar-refractivity contribution < 1.29 is 23.4 Å². The molecular weight excluding hydrogens is 258 g/mol. The highest BCUT2D eigenvalue weighted by Gasteiger charge is 2.15. The number of nitrogens with zero attached hydrogens (tertiary/aromatic N) is 1. The van der Waals surface area contributed by atoms with E-state index in [1.165, 1.54) is 6.07 Å². The second kappa shape index (κ2) is 4.89. The summed E-state index contributed by atoms with van der Waals surface area (Å²) in [5, 5.41) is 8.86. The van der Waals surface area contributed by atoms with Gasteiger partial charge in [0.25, 0.3) is 0 Å². The predicted octanol–water partition coefficient (Wildman–Crippen LogP) is 2.43. The standard InChI is InChI=1S/C12H8F2N2O3/c13-6-1-2-9(8(14)5-6)19-11-10(15)7(12(17)18)3-4-16-11/h1-5H,15H2,(H,17,18). The molecular formula is C12H8F2N2O3. The van der Waals surface area contributed by atoms with Gasteiger partial charge in [0.1, 0.15) is 11.5 Å². The molecule has 0 saturated heterocycles. The number of hydrogen-bond acceptors (Lipinski definition) is 4. The van der Waals surface area contributed by atoms with Gasteiger partial charge in [-0.1, -0.05) is 0 Å². The number of aromatic nitrogens is 1. The fraction of sp³-hybridized carbons (Fsp3) is 0. The Balaban J connectivity index is 2.38. The average molecular weight is 266 g/mol. The Morgan fingerprint density at radius 2 is 2.05 bits per heavy atom. The highest BCUT2D eigenvalue weighted by atomic mass is 19.1. The van der Waals surface area contributed by atoms with Crippen LogP contribution in [0.3, 0.4) is 0 Å². The number of anilines is 1. The SMILES string of the molecule is Nc1c(C(=O)O)ccnc1Oc1ccc(F)cc1F. The number of aromatic carboxylic acids is 1. The van der Waals surface area contributed by atoms with Crippen LogP contribution in [0.1, 0.15) is 10.4 Å². The summed E-state index contributed by atoms with van der Waals surface area (Å²) in [5.41, 5.74) is 5.09. The molecule has 0 radical (unpaired) electrons. The number of carboxylic acid groups (broad SMARTS) is 1. The maximum absolute atomic E-state index is 13.4. The maximum Gasteiger partial charge on any atom is 0.338 e. The Morgan fingerprint density at radius 3 is 2.68 bits per heavy atom. The number of halogens is 2. The number of rotatable bonds is 3. The first-order valence-electron chi connectivity index (χ1n) is 5.09. The van der Waals surface area contributed by atoms with Gasteiger partial charge in [-0.3, -0.25) is 0 Å². The van der Waals surface area contributed by atoms with E-state index in [-0.39, 0.29) is 22.9 Å². The minimum Gasteiger partial charge on any atom is -0.478 e. The molecule has 2 rings (SSSR count). The quantitative estimate of drug-likeness (QED) is 0.891. The number of carbonyl (C=O) groups is 1. The fourth-order valence-corrected chi connectivity index (χ4v) is 1.38. The maximum atomic E-state index is 13.4. The topological polar surface area (TPSA) is 85.4 Å². The van der Waals surface area contributed by atoms with Crippen molar-refractivity contribution in [3.8, 4) is 11.6 Å². The van der Waals surface area contributed by atoms with Gasteiger partial charge in [-0.25, -0.2) is 18.6 Å². The summed E-state index contributed by atoms with van der Waals surface area (Å²) in [7, 11) is 0. The molecule has 0 bridgehead atoms. The summed E-state index contributed by atoms with van der Waals surface area (Å²) < 4.78 is 31.1. The summed E-state index contributed by atoms with van der Waals surface area (Å²) in [6, 6.07) is 3.87. The number of nitrogens with two attached hydrogens (primary N) is 1. The predicted molar refractivity (Wildman–Crippen MR) is 62.0 cm³/mol. The van der Waals surface area contributed by atoms with Gasteiger partial charge in [-0.05, 0) is 18.2 Å². The zero-order valence-corrected chi connectivity index (χ0v) is 9.43. The van der Waals surface area contributed by atoms with E-state index in [0.717, 1.165) is 18.3 Å². The normalized spacial score (nSPS) is 10.2. The van der Waals surface area contributed by atoms with E-state index in [4.69, 9.17) is 15.6 Å². The highest BCUT2D eigenvalue weighted by Crippen LogP contribution is 2.29. The van der Waals surface area contributed by atoms with Gasteiger partial charge in [0.2, 0.25) is 5.88 Å². The van der Waals surface area contributed by atoms with Crippen LogP contribution >= 0.6 is 0 Å². The van der Waals surface area contributed by atoms with Crippen LogP contribution in [0.4, 0.5) is 14.5 Å². The third-order valence-corrected chi connectivity index (χ3v) is 2.28. The Bertz CT molecular complexity index is 647. The number of ether oxygens (including phenoxy) is 1. The van der Waals surface area contributed by atoms with Crippen molar-refractivity contribution in [2.75, 3.05) is 5.73 Å². The van der Waals surface area contributed by atoms with Crippen molar-refractivity contribution in [3.63, 3.8) is 0 Å². The monoisotopic (exact) mass is 266 g/mol. The second-order valence-corrected chi connectivity index (χ2v) is 3.56. The van der Waals surface area contributed by atoms with Crippen molar-refractivity contribution in [1.82, 2.24) is 4.98 Å². The van der Waals surface area contributed by atoms with E-state index in [2.05, 4.69) is 4.98 Å². The Morgan fingerprint density at radius 1 is 1.32 bits per heavy atom. The molecule has 0 saturated carbocycles. The lowest BCUT2D eigenvalue weighted by molar-refractivity contribution is 0.0697. The van der Waals surface area contributed by atoms with Gasteiger partial charge < -0.3 is 15.6 Å². The molecule has 3 N–H and O–H groups in total. The van der Waals surface area contributed by atoms with E-state index < -0.39 is 17.6 Å². The van der Waals surface area contributed by atoms with Crippen molar-refractivity contribution in [1.29, 1.82) is 0 Å². The number of pyridine rings is 1. The number of carboxylic acids is 1. The average Bonchev–Trinajstić information content (AvgIpc) is 2.34. The molecule has 0 spiro atoms. The first kappa shape index (κ1) is 12.7. The molecule has 2 aromatic rings.